The minimum atomic E-state index is -1.44. The molecule has 0 heterocycles. The number of aliphatic hydroxyl groups excluding tert-OH is 2. The van der Waals surface area contributed by atoms with Gasteiger partial charge in [-0.05, 0) is 0 Å². The number of carboxylic acid groups (broad SMARTS) is 2. The van der Waals surface area contributed by atoms with E-state index in [1.54, 1.807) is 0 Å². The van der Waals surface area contributed by atoms with Crippen molar-refractivity contribution in [2.45, 2.75) is 0 Å². The average molecular weight is 271 g/mol. The molecule has 0 atom stereocenters. The second kappa shape index (κ2) is 12.3. The molecule has 7 heteroatoms. The monoisotopic (exact) mass is 272 g/mol. The van der Waals surface area contributed by atoms with Crippen LogP contribution in [-0.4, -0.2) is 59.3 Å². The van der Waals surface area contributed by atoms with Crippen LogP contribution in [0.25, 0.3) is 0 Å². The van der Waals surface area contributed by atoms with Gasteiger partial charge in [-0.15, -0.1) is 0 Å². The maximum absolute atomic E-state index is 9.01. The maximum atomic E-state index is 9.01. The Morgan fingerprint density at radius 3 is 1.09 bits per heavy atom. The van der Waals surface area contributed by atoms with Crippen molar-refractivity contribution in [3.63, 3.8) is 0 Å². The first-order valence-electron chi connectivity index (χ1n) is 2.16. The number of aliphatic carboxylic acids is 2. The second-order valence-corrected chi connectivity index (χ2v) is 1.06. The molecule has 0 spiro atoms. The summed E-state index contributed by atoms with van der Waals surface area (Å²) < 4.78 is 0. The Bertz CT molecular complexity index is 99.1. The van der Waals surface area contributed by atoms with Crippen molar-refractivity contribution < 1.29 is 30.0 Å². The third-order valence-corrected chi connectivity index (χ3v) is 0.258. The molecule has 0 radical (unpaired) electrons. The molecule has 0 aliphatic carbocycles. The van der Waals surface area contributed by atoms with Gasteiger partial charge in [0, 0.05) is 0 Å². The van der Waals surface area contributed by atoms with E-state index in [1.165, 1.54) is 0 Å². The molecule has 0 fully saturated rings. The van der Waals surface area contributed by atoms with E-state index in [1.807, 2.05) is 0 Å². The quantitative estimate of drug-likeness (QED) is 0.483. The van der Waals surface area contributed by atoms with E-state index in [4.69, 9.17) is 30.0 Å². The van der Waals surface area contributed by atoms with Crippen LogP contribution < -0.4 is 10.2 Å². The summed E-state index contributed by atoms with van der Waals surface area (Å²) in [6.45, 7) is -1.78. The van der Waals surface area contributed by atoms with Gasteiger partial charge in [0.05, 0.1) is 25.2 Å². The predicted octanol–water partition coefficient (Wildman–Crippen LogP) is -5.46. The van der Waals surface area contributed by atoms with Gasteiger partial charge in [-0.25, -0.2) is 0 Å². The zero-order valence-corrected chi connectivity index (χ0v) is 9.69. The van der Waals surface area contributed by atoms with Crippen LogP contribution in [0, 0.1) is 0 Å². The molecule has 0 amide bonds. The SMILES string of the molecule is O=C([O-])CO.O=C([O-])CO.[SnH2+2]. The van der Waals surface area contributed by atoms with Gasteiger partial charge < -0.3 is 30.0 Å². The fraction of sp³-hybridized carbons (Fsp3) is 0.500. The van der Waals surface area contributed by atoms with Crippen LogP contribution in [0.1, 0.15) is 0 Å². The topological polar surface area (TPSA) is 121 Å². The molecule has 64 valence electrons. The second-order valence-electron chi connectivity index (χ2n) is 1.06. The number of carbonyl (C=O) groups excluding carboxylic acids is 2. The summed E-state index contributed by atoms with van der Waals surface area (Å²) in [5.74, 6) is -2.88. The van der Waals surface area contributed by atoms with Crippen molar-refractivity contribution in [1.82, 2.24) is 0 Å². The summed E-state index contributed by atoms with van der Waals surface area (Å²) in [5, 5.41) is 33.0. The summed E-state index contributed by atoms with van der Waals surface area (Å²) in [7, 11) is 0. The molecule has 0 saturated heterocycles. The van der Waals surface area contributed by atoms with Gasteiger partial charge in [0.15, 0.2) is 0 Å². The van der Waals surface area contributed by atoms with Gasteiger partial charge in [-0.1, -0.05) is 0 Å². The van der Waals surface area contributed by atoms with Crippen molar-refractivity contribution in [1.29, 1.82) is 0 Å². The zero-order chi connectivity index (χ0) is 8.57. The van der Waals surface area contributed by atoms with Crippen LogP contribution in [0.5, 0.6) is 0 Å². The fourth-order valence-electron chi connectivity index (χ4n) is 0. The summed E-state index contributed by atoms with van der Waals surface area (Å²) in [6.07, 6.45) is 0. The van der Waals surface area contributed by atoms with E-state index in [0.717, 1.165) is 0 Å². The molecule has 0 bridgehead atoms. The molecule has 0 aliphatic rings. The van der Waals surface area contributed by atoms with Crippen LogP contribution in [0.2, 0.25) is 0 Å². The van der Waals surface area contributed by atoms with Crippen molar-refractivity contribution in [3.8, 4) is 0 Å². The van der Waals surface area contributed by atoms with Gasteiger partial charge in [-0.2, -0.15) is 0 Å². The van der Waals surface area contributed by atoms with E-state index < -0.39 is 25.2 Å². The van der Waals surface area contributed by atoms with Gasteiger partial charge >= 0.3 is 23.9 Å². The van der Waals surface area contributed by atoms with Crippen molar-refractivity contribution in [2.24, 2.45) is 0 Å². The van der Waals surface area contributed by atoms with E-state index in [-0.39, 0.29) is 23.9 Å². The third kappa shape index (κ3) is 42.3. The van der Waals surface area contributed by atoms with E-state index >= 15 is 0 Å². The number of carbonyl (C=O) groups is 2. The fourth-order valence-corrected chi connectivity index (χ4v) is 0. The van der Waals surface area contributed by atoms with E-state index in [2.05, 4.69) is 0 Å². The Balaban J connectivity index is -0.000000107. The van der Waals surface area contributed by atoms with Crippen LogP contribution in [0.4, 0.5) is 0 Å². The predicted molar refractivity (Wildman–Crippen MR) is 32.7 cm³/mol. The van der Waals surface area contributed by atoms with Gasteiger partial charge in [0.25, 0.3) is 0 Å². The molecule has 0 aromatic rings. The van der Waals surface area contributed by atoms with E-state index in [0.29, 0.717) is 0 Å². The van der Waals surface area contributed by atoms with Gasteiger partial charge in [0.2, 0.25) is 0 Å². The number of carboxylic acids is 2. The van der Waals surface area contributed by atoms with E-state index in [9.17, 15) is 0 Å². The molecule has 0 unspecified atom stereocenters. The third-order valence-electron chi connectivity index (χ3n) is 0.258. The van der Waals surface area contributed by atoms with Crippen LogP contribution in [-0.2, 0) is 9.59 Å². The minimum absolute atomic E-state index is 0. The van der Waals surface area contributed by atoms with Crippen molar-refractivity contribution >= 4 is 35.8 Å². The van der Waals surface area contributed by atoms with Gasteiger partial charge in [-0.3, -0.25) is 0 Å². The Morgan fingerprint density at radius 1 is 1.00 bits per heavy atom. The zero-order valence-electron chi connectivity index (χ0n) is 5.65. The summed E-state index contributed by atoms with van der Waals surface area (Å²) in [6, 6.07) is 0. The number of hydrogen-bond acceptors (Lipinski definition) is 6. The summed E-state index contributed by atoms with van der Waals surface area (Å²) in [5.41, 5.74) is 0. The van der Waals surface area contributed by atoms with Crippen LogP contribution in [0.15, 0.2) is 0 Å². The first kappa shape index (κ1) is 17.0. The number of hydrogen-bond donors (Lipinski definition) is 2. The van der Waals surface area contributed by atoms with Crippen LogP contribution >= 0.6 is 0 Å². The Labute approximate surface area is 79.4 Å². The normalized spacial score (nSPS) is 6.73. The molecule has 0 saturated carbocycles. The number of aliphatic hydroxyl groups is 2. The molecule has 2 N–H and O–H groups in total. The molecule has 11 heavy (non-hydrogen) atoms. The molecular weight excluding hydrogens is 263 g/mol. The van der Waals surface area contributed by atoms with Crippen molar-refractivity contribution in [3.05, 3.63) is 0 Å². The summed E-state index contributed by atoms with van der Waals surface area (Å²) >= 11 is 0. The summed E-state index contributed by atoms with van der Waals surface area (Å²) in [4.78, 5) is 18.0. The Kier molecular flexibility index (Phi) is 19.0. The molecule has 0 aromatic carbocycles. The molecule has 6 nitrogen and oxygen atoms in total. The van der Waals surface area contributed by atoms with Gasteiger partial charge in [0.1, 0.15) is 0 Å². The Morgan fingerprint density at radius 2 is 1.09 bits per heavy atom. The molecule has 0 aromatic heterocycles. The first-order valence-corrected chi connectivity index (χ1v) is 2.16. The Hall–Kier alpha value is -0.341. The molecular formula is C4H8O6Sn. The molecule has 0 rings (SSSR count). The standard InChI is InChI=1S/2C2H4O3.Sn.2H/c2*3-1-2(4)5;;;/h2*3H,1H2,(H,4,5);;;/q;;+2;;/p-2. The number of rotatable bonds is 2. The average Bonchev–Trinajstić information content (AvgIpc) is 1.89. The van der Waals surface area contributed by atoms with Crippen LogP contribution in [0.3, 0.4) is 0 Å². The molecule has 0 aliphatic heterocycles. The first-order chi connectivity index (χ1) is 4.54. The van der Waals surface area contributed by atoms with Crippen molar-refractivity contribution in [2.75, 3.05) is 13.2 Å².